The summed E-state index contributed by atoms with van der Waals surface area (Å²) in [6.45, 7) is 2.35. The molecule has 1 aromatic carbocycles. The number of hydrogen-bond acceptors (Lipinski definition) is 3. The summed E-state index contributed by atoms with van der Waals surface area (Å²) >= 11 is 0. The van der Waals surface area contributed by atoms with Crippen LogP contribution in [-0.2, 0) is 11.3 Å². The van der Waals surface area contributed by atoms with Gasteiger partial charge in [-0.2, -0.15) is 0 Å². The lowest BCUT2D eigenvalue weighted by molar-refractivity contribution is -0.00262. The van der Waals surface area contributed by atoms with E-state index in [1.807, 2.05) is 19.2 Å². The standard InChI is InChI=1S/C15H21NO3/c1-16(11-13-7-4-5-9-19-13)10-12-6-2-3-8-14(12)15(17)18/h2-3,6,8,13H,4-5,7,9-11H2,1H3,(H,17,18). The van der Waals surface area contributed by atoms with Crippen LogP contribution in [0.2, 0.25) is 0 Å². The second kappa shape index (κ2) is 6.68. The van der Waals surface area contributed by atoms with E-state index in [1.54, 1.807) is 12.1 Å². The van der Waals surface area contributed by atoms with Gasteiger partial charge in [-0.05, 0) is 37.9 Å². The Hall–Kier alpha value is -1.39. The van der Waals surface area contributed by atoms with Crippen LogP contribution in [0.1, 0.15) is 35.2 Å². The van der Waals surface area contributed by atoms with Gasteiger partial charge in [0.05, 0.1) is 11.7 Å². The molecule has 1 unspecified atom stereocenters. The predicted octanol–water partition coefficient (Wildman–Crippen LogP) is 2.39. The molecule has 1 aliphatic heterocycles. The number of rotatable bonds is 5. The van der Waals surface area contributed by atoms with Crippen LogP contribution < -0.4 is 0 Å². The van der Waals surface area contributed by atoms with Gasteiger partial charge >= 0.3 is 5.97 Å². The van der Waals surface area contributed by atoms with Crippen LogP contribution in [0.15, 0.2) is 24.3 Å². The number of ether oxygens (including phenoxy) is 1. The summed E-state index contributed by atoms with van der Waals surface area (Å²) < 4.78 is 5.71. The maximum absolute atomic E-state index is 11.2. The normalized spacial score (nSPS) is 19.6. The van der Waals surface area contributed by atoms with E-state index < -0.39 is 5.97 Å². The van der Waals surface area contributed by atoms with Crippen LogP contribution in [0.25, 0.3) is 0 Å². The highest BCUT2D eigenvalue weighted by molar-refractivity contribution is 5.89. The number of likely N-dealkylation sites (N-methyl/N-ethyl adjacent to an activating group) is 1. The fourth-order valence-corrected chi connectivity index (χ4v) is 2.52. The summed E-state index contributed by atoms with van der Waals surface area (Å²) in [5.74, 6) is -0.863. The van der Waals surface area contributed by atoms with Gasteiger partial charge in [0.25, 0.3) is 0 Å². The molecule has 1 aromatic rings. The SMILES string of the molecule is CN(Cc1ccccc1C(=O)O)CC1CCCCO1. The smallest absolute Gasteiger partial charge is 0.336 e. The van der Waals surface area contributed by atoms with E-state index in [1.165, 1.54) is 6.42 Å². The Morgan fingerprint density at radius 2 is 2.21 bits per heavy atom. The highest BCUT2D eigenvalue weighted by atomic mass is 16.5. The lowest BCUT2D eigenvalue weighted by atomic mass is 10.1. The van der Waals surface area contributed by atoms with Crippen LogP contribution in [0.5, 0.6) is 0 Å². The third-order valence-electron chi connectivity index (χ3n) is 3.48. The number of benzene rings is 1. The molecule has 2 rings (SSSR count). The second-order valence-corrected chi connectivity index (χ2v) is 5.15. The molecule has 0 amide bonds. The van der Waals surface area contributed by atoms with Crippen molar-refractivity contribution in [2.24, 2.45) is 0 Å². The fourth-order valence-electron chi connectivity index (χ4n) is 2.52. The molecule has 19 heavy (non-hydrogen) atoms. The molecular weight excluding hydrogens is 242 g/mol. The highest BCUT2D eigenvalue weighted by Gasteiger charge is 2.17. The summed E-state index contributed by atoms with van der Waals surface area (Å²) in [5, 5.41) is 9.16. The minimum Gasteiger partial charge on any atom is -0.478 e. The van der Waals surface area contributed by atoms with Crippen molar-refractivity contribution in [3.05, 3.63) is 35.4 Å². The Kier molecular flexibility index (Phi) is 4.93. The van der Waals surface area contributed by atoms with Crippen LogP contribution in [0.4, 0.5) is 0 Å². The first-order valence-corrected chi connectivity index (χ1v) is 6.78. The maximum Gasteiger partial charge on any atom is 0.336 e. The van der Waals surface area contributed by atoms with Crippen LogP contribution in [-0.4, -0.2) is 42.3 Å². The third-order valence-corrected chi connectivity index (χ3v) is 3.48. The molecule has 0 radical (unpaired) electrons. The molecule has 4 nitrogen and oxygen atoms in total. The lowest BCUT2D eigenvalue weighted by Crippen LogP contribution is -2.33. The van der Waals surface area contributed by atoms with E-state index in [4.69, 9.17) is 9.84 Å². The van der Waals surface area contributed by atoms with Gasteiger partial charge in [-0.1, -0.05) is 18.2 Å². The average Bonchev–Trinajstić information content (AvgIpc) is 2.40. The molecule has 1 N–H and O–H groups in total. The minimum atomic E-state index is -0.863. The van der Waals surface area contributed by atoms with E-state index in [2.05, 4.69) is 4.90 Å². The predicted molar refractivity (Wildman–Crippen MR) is 73.3 cm³/mol. The molecule has 104 valence electrons. The highest BCUT2D eigenvalue weighted by Crippen LogP contribution is 2.16. The first-order chi connectivity index (χ1) is 9.16. The molecule has 1 fully saturated rings. The van der Waals surface area contributed by atoms with Crippen molar-refractivity contribution < 1.29 is 14.6 Å². The van der Waals surface area contributed by atoms with E-state index in [-0.39, 0.29) is 6.10 Å². The quantitative estimate of drug-likeness (QED) is 0.886. The zero-order valence-corrected chi connectivity index (χ0v) is 11.3. The van der Waals surface area contributed by atoms with Crippen molar-refractivity contribution >= 4 is 5.97 Å². The zero-order chi connectivity index (χ0) is 13.7. The first-order valence-electron chi connectivity index (χ1n) is 6.78. The minimum absolute atomic E-state index is 0.288. The van der Waals surface area contributed by atoms with Gasteiger partial charge in [0.1, 0.15) is 0 Å². The molecule has 1 heterocycles. The Labute approximate surface area is 114 Å². The molecule has 0 bridgehead atoms. The number of nitrogens with zero attached hydrogens (tertiary/aromatic N) is 1. The fraction of sp³-hybridized carbons (Fsp3) is 0.533. The Morgan fingerprint density at radius 1 is 1.42 bits per heavy atom. The summed E-state index contributed by atoms with van der Waals surface area (Å²) in [7, 11) is 2.01. The molecule has 0 saturated carbocycles. The molecule has 4 heteroatoms. The molecule has 0 spiro atoms. The molecular formula is C15H21NO3. The van der Waals surface area contributed by atoms with E-state index in [0.29, 0.717) is 12.1 Å². The van der Waals surface area contributed by atoms with Crippen LogP contribution in [0.3, 0.4) is 0 Å². The van der Waals surface area contributed by atoms with E-state index in [9.17, 15) is 4.79 Å². The summed E-state index contributed by atoms with van der Waals surface area (Å²) in [6.07, 6.45) is 3.77. The lowest BCUT2D eigenvalue weighted by Gasteiger charge is -2.27. The van der Waals surface area contributed by atoms with Gasteiger partial charge in [-0.25, -0.2) is 4.79 Å². The number of aromatic carboxylic acids is 1. The van der Waals surface area contributed by atoms with Gasteiger partial charge in [0.15, 0.2) is 0 Å². The number of carbonyl (C=O) groups is 1. The molecule has 1 atom stereocenters. The van der Waals surface area contributed by atoms with Gasteiger partial charge in [0.2, 0.25) is 0 Å². The average molecular weight is 263 g/mol. The van der Waals surface area contributed by atoms with Crippen molar-refractivity contribution in [1.82, 2.24) is 4.90 Å². The van der Waals surface area contributed by atoms with Gasteiger partial charge in [-0.3, -0.25) is 4.90 Å². The Morgan fingerprint density at radius 3 is 2.89 bits per heavy atom. The number of carboxylic acid groups (broad SMARTS) is 1. The molecule has 1 saturated heterocycles. The maximum atomic E-state index is 11.2. The number of carboxylic acids is 1. The third kappa shape index (κ3) is 4.04. The van der Waals surface area contributed by atoms with E-state index >= 15 is 0 Å². The summed E-state index contributed by atoms with van der Waals surface area (Å²) in [5.41, 5.74) is 1.24. The molecule has 1 aliphatic rings. The Bertz CT molecular complexity index is 427. The van der Waals surface area contributed by atoms with Gasteiger partial charge < -0.3 is 9.84 Å². The largest absolute Gasteiger partial charge is 0.478 e. The second-order valence-electron chi connectivity index (χ2n) is 5.15. The summed E-state index contributed by atoms with van der Waals surface area (Å²) in [4.78, 5) is 13.3. The number of hydrogen-bond donors (Lipinski definition) is 1. The summed E-state index contributed by atoms with van der Waals surface area (Å²) in [6, 6.07) is 7.17. The van der Waals surface area contributed by atoms with Crippen molar-refractivity contribution in [3.63, 3.8) is 0 Å². The van der Waals surface area contributed by atoms with Gasteiger partial charge in [0, 0.05) is 19.7 Å². The van der Waals surface area contributed by atoms with Gasteiger partial charge in [-0.15, -0.1) is 0 Å². The zero-order valence-electron chi connectivity index (χ0n) is 11.3. The molecule has 0 aliphatic carbocycles. The van der Waals surface area contributed by atoms with E-state index in [0.717, 1.165) is 31.6 Å². The van der Waals surface area contributed by atoms with Crippen molar-refractivity contribution in [3.8, 4) is 0 Å². The van der Waals surface area contributed by atoms with Crippen LogP contribution >= 0.6 is 0 Å². The molecule has 0 aromatic heterocycles. The van der Waals surface area contributed by atoms with Crippen molar-refractivity contribution in [1.29, 1.82) is 0 Å². The monoisotopic (exact) mass is 263 g/mol. The van der Waals surface area contributed by atoms with Crippen molar-refractivity contribution in [2.75, 3.05) is 20.2 Å². The Balaban J connectivity index is 1.94. The first kappa shape index (κ1) is 14.0. The van der Waals surface area contributed by atoms with Crippen LogP contribution in [0, 0.1) is 0 Å². The van der Waals surface area contributed by atoms with Crippen molar-refractivity contribution in [2.45, 2.75) is 31.9 Å². The topological polar surface area (TPSA) is 49.8 Å².